The summed E-state index contributed by atoms with van der Waals surface area (Å²) < 4.78 is 24.2. The van der Waals surface area contributed by atoms with Crippen LogP contribution in [0.3, 0.4) is 0 Å². The van der Waals surface area contributed by atoms with Gasteiger partial charge < -0.3 is 13.9 Å². The van der Waals surface area contributed by atoms with E-state index in [4.69, 9.17) is 4.74 Å². The van der Waals surface area contributed by atoms with Crippen molar-refractivity contribution in [3.05, 3.63) is 114 Å². The number of methoxy groups -OCH3 is 1. The molecule has 36 heavy (non-hydrogen) atoms. The molecule has 0 fully saturated rings. The molecule has 0 N–H and O–H groups in total. The molecular weight excluding hydrogens is 447 g/mol. The molecule has 4 heteroatoms. The van der Waals surface area contributed by atoms with Crippen LogP contribution in [0.4, 0.5) is 4.39 Å². The Morgan fingerprint density at radius 2 is 1.56 bits per heavy atom. The highest BCUT2D eigenvalue weighted by molar-refractivity contribution is 6.07. The van der Waals surface area contributed by atoms with Gasteiger partial charge in [-0.15, -0.1) is 0 Å². The Hall–Kier alpha value is -4.31. The van der Waals surface area contributed by atoms with E-state index in [0.717, 1.165) is 24.3 Å². The number of benzene rings is 4. The lowest BCUT2D eigenvalue weighted by atomic mass is 9.96. The Morgan fingerprint density at radius 3 is 2.36 bits per heavy atom. The molecule has 3 nitrogen and oxygen atoms in total. The summed E-state index contributed by atoms with van der Waals surface area (Å²) in [7, 11) is 1.72. The summed E-state index contributed by atoms with van der Waals surface area (Å²) in [5.41, 5.74) is 9.81. The lowest BCUT2D eigenvalue weighted by Crippen LogP contribution is -2.13. The highest BCUT2D eigenvalue weighted by atomic mass is 19.1. The van der Waals surface area contributed by atoms with E-state index >= 15 is 0 Å². The average Bonchev–Trinajstić information content (AvgIpc) is 3.43. The Morgan fingerprint density at radius 1 is 0.778 bits per heavy atom. The normalized spacial score (nSPS) is 12.6. The van der Waals surface area contributed by atoms with Gasteiger partial charge in [0.2, 0.25) is 0 Å². The lowest BCUT2D eigenvalue weighted by Gasteiger charge is -2.22. The van der Waals surface area contributed by atoms with Crippen molar-refractivity contribution in [1.82, 2.24) is 9.13 Å². The van der Waals surface area contributed by atoms with Crippen molar-refractivity contribution in [3.63, 3.8) is 0 Å². The van der Waals surface area contributed by atoms with Crippen molar-refractivity contribution in [2.45, 2.75) is 19.5 Å². The molecular formula is C32H25FN2O. The molecule has 0 spiro atoms. The minimum atomic E-state index is -0.214. The first kappa shape index (κ1) is 21.0. The number of hydrogen-bond donors (Lipinski definition) is 0. The summed E-state index contributed by atoms with van der Waals surface area (Å²) in [5.74, 6) is 0.646. The van der Waals surface area contributed by atoms with Gasteiger partial charge in [0, 0.05) is 40.5 Å². The number of ether oxygens (including phenoxy) is 1. The van der Waals surface area contributed by atoms with Crippen LogP contribution < -0.4 is 4.74 Å². The average molecular weight is 473 g/mol. The van der Waals surface area contributed by atoms with E-state index in [1.807, 2.05) is 18.2 Å². The van der Waals surface area contributed by atoms with Crippen molar-refractivity contribution in [3.8, 4) is 28.3 Å². The van der Waals surface area contributed by atoms with Gasteiger partial charge in [0.05, 0.1) is 18.5 Å². The summed E-state index contributed by atoms with van der Waals surface area (Å²) >= 11 is 0. The SMILES string of the molecule is COc1ccc2c(c1)c1c(n2Cc2ccc(F)cc2)-c2c(-c3ccccc3)c3ccccc3n2CC1. The van der Waals surface area contributed by atoms with E-state index in [1.54, 1.807) is 19.2 Å². The van der Waals surface area contributed by atoms with Gasteiger partial charge in [-0.05, 0) is 59.5 Å². The topological polar surface area (TPSA) is 19.1 Å². The first-order valence-electron chi connectivity index (χ1n) is 12.3. The zero-order chi connectivity index (χ0) is 24.2. The van der Waals surface area contributed by atoms with Crippen LogP contribution in [0.5, 0.6) is 5.75 Å². The van der Waals surface area contributed by atoms with Crippen LogP contribution in [0.25, 0.3) is 44.3 Å². The number of hydrogen-bond acceptors (Lipinski definition) is 1. The van der Waals surface area contributed by atoms with Gasteiger partial charge in [0.1, 0.15) is 11.6 Å². The maximum atomic E-state index is 13.7. The van der Waals surface area contributed by atoms with E-state index in [2.05, 4.69) is 75.9 Å². The molecule has 4 aromatic carbocycles. The summed E-state index contributed by atoms with van der Waals surface area (Å²) in [5, 5.41) is 2.49. The molecule has 6 aromatic rings. The van der Waals surface area contributed by atoms with E-state index in [1.165, 1.54) is 49.9 Å². The fourth-order valence-corrected chi connectivity index (χ4v) is 5.89. The molecule has 0 atom stereocenters. The van der Waals surface area contributed by atoms with Crippen LogP contribution in [-0.2, 0) is 19.5 Å². The predicted octanol–water partition coefficient (Wildman–Crippen LogP) is 7.68. The van der Waals surface area contributed by atoms with Crippen LogP contribution in [0.1, 0.15) is 11.1 Å². The van der Waals surface area contributed by atoms with E-state index < -0.39 is 0 Å². The summed E-state index contributed by atoms with van der Waals surface area (Å²) in [6, 6.07) is 32.6. The third kappa shape index (κ3) is 3.11. The van der Waals surface area contributed by atoms with E-state index in [0.29, 0.717) is 6.54 Å². The summed E-state index contributed by atoms with van der Waals surface area (Å²) in [4.78, 5) is 0. The number of fused-ring (bicyclic) bond motifs is 7. The molecule has 0 amide bonds. The van der Waals surface area contributed by atoms with Crippen LogP contribution in [0.15, 0.2) is 97.1 Å². The first-order chi connectivity index (χ1) is 17.7. The van der Waals surface area contributed by atoms with Gasteiger partial charge >= 0.3 is 0 Å². The van der Waals surface area contributed by atoms with Gasteiger partial charge in [-0.25, -0.2) is 4.39 Å². The minimum Gasteiger partial charge on any atom is -0.497 e. The number of rotatable bonds is 4. The highest BCUT2D eigenvalue weighted by Gasteiger charge is 2.30. The molecule has 2 aromatic heterocycles. The Labute approximate surface area is 209 Å². The van der Waals surface area contributed by atoms with Crippen LogP contribution in [0, 0.1) is 5.82 Å². The minimum absolute atomic E-state index is 0.214. The van der Waals surface area contributed by atoms with Gasteiger partial charge in [0.25, 0.3) is 0 Å². The van der Waals surface area contributed by atoms with Gasteiger partial charge in [-0.2, -0.15) is 0 Å². The van der Waals surface area contributed by atoms with Crippen molar-refractivity contribution in [2.75, 3.05) is 7.11 Å². The van der Waals surface area contributed by atoms with Gasteiger partial charge in [-0.1, -0.05) is 60.7 Å². The fraction of sp³-hybridized carbons (Fsp3) is 0.125. The third-order valence-electron chi connectivity index (χ3n) is 7.47. The molecule has 0 aliphatic carbocycles. The zero-order valence-electron chi connectivity index (χ0n) is 20.0. The van der Waals surface area contributed by atoms with Crippen LogP contribution in [0.2, 0.25) is 0 Å². The van der Waals surface area contributed by atoms with Crippen molar-refractivity contribution in [1.29, 1.82) is 0 Å². The molecule has 1 aliphatic rings. The lowest BCUT2D eigenvalue weighted by molar-refractivity contribution is 0.415. The third-order valence-corrected chi connectivity index (χ3v) is 7.47. The number of aromatic nitrogens is 2. The maximum absolute atomic E-state index is 13.7. The Balaban J connectivity index is 1.59. The number of halogens is 1. The second-order valence-electron chi connectivity index (χ2n) is 9.43. The second-order valence-corrected chi connectivity index (χ2v) is 9.43. The van der Waals surface area contributed by atoms with Crippen LogP contribution in [-0.4, -0.2) is 16.2 Å². The number of nitrogens with zero attached hydrogens (tertiary/aromatic N) is 2. The Bertz CT molecular complexity index is 1740. The van der Waals surface area contributed by atoms with Crippen molar-refractivity contribution in [2.24, 2.45) is 0 Å². The quantitative estimate of drug-likeness (QED) is 0.257. The summed E-state index contributed by atoms with van der Waals surface area (Å²) in [6.45, 7) is 1.58. The molecule has 176 valence electrons. The maximum Gasteiger partial charge on any atom is 0.123 e. The van der Waals surface area contributed by atoms with Crippen molar-refractivity contribution >= 4 is 21.8 Å². The Kier molecular flexibility index (Phi) is 4.74. The molecule has 0 saturated carbocycles. The highest BCUT2D eigenvalue weighted by Crippen LogP contribution is 2.47. The van der Waals surface area contributed by atoms with Crippen LogP contribution >= 0.6 is 0 Å². The molecule has 0 bridgehead atoms. The van der Waals surface area contributed by atoms with Gasteiger partial charge in [-0.3, -0.25) is 0 Å². The predicted molar refractivity (Wildman–Crippen MR) is 144 cm³/mol. The molecule has 3 heterocycles. The van der Waals surface area contributed by atoms with Gasteiger partial charge in [0.15, 0.2) is 0 Å². The van der Waals surface area contributed by atoms with E-state index in [-0.39, 0.29) is 5.82 Å². The van der Waals surface area contributed by atoms with Crippen molar-refractivity contribution < 1.29 is 9.13 Å². The molecule has 7 rings (SSSR count). The monoisotopic (exact) mass is 472 g/mol. The number of aryl methyl sites for hydroxylation is 2. The molecule has 0 radical (unpaired) electrons. The standard InChI is InChI=1S/C32H25FN2O/c1-36-24-15-16-29-27(19-24)25-17-18-34-28-10-6-5-9-26(28)30(22-7-3-2-4-8-22)32(34)31(25)35(29)20-21-11-13-23(33)14-12-21/h2-16,19H,17-18,20H2,1H3. The molecule has 0 unspecified atom stereocenters. The number of para-hydroxylation sites is 1. The first-order valence-corrected chi connectivity index (χ1v) is 12.3. The zero-order valence-corrected chi connectivity index (χ0v) is 20.0. The molecule has 0 saturated heterocycles. The van der Waals surface area contributed by atoms with E-state index in [9.17, 15) is 4.39 Å². The molecule has 1 aliphatic heterocycles. The smallest absolute Gasteiger partial charge is 0.123 e. The second kappa shape index (κ2) is 8.13. The fourth-order valence-electron chi connectivity index (χ4n) is 5.89. The summed E-state index contributed by atoms with van der Waals surface area (Å²) in [6.07, 6.45) is 0.940. The largest absolute Gasteiger partial charge is 0.497 e.